The van der Waals surface area contributed by atoms with Gasteiger partial charge in [-0.15, -0.1) is 0 Å². The highest BCUT2D eigenvalue weighted by Crippen LogP contribution is 2.38. The van der Waals surface area contributed by atoms with Crippen molar-refractivity contribution >= 4 is 34.0 Å². The van der Waals surface area contributed by atoms with E-state index >= 15 is 4.39 Å². The lowest BCUT2D eigenvalue weighted by Crippen LogP contribution is -2.21. The number of anilines is 2. The number of Topliss-reactive ketones (excluding diaryl/α,β-unsaturated/α-hetero) is 1. The van der Waals surface area contributed by atoms with Gasteiger partial charge in [-0.25, -0.2) is 27.9 Å². The van der Waals surface area contributed by atoms with Gasteiger partial charge in [0.2, 0.25) is 5.78 Å². The molecule has 5 rings (SSSR count). The minimum atomic E-state index is -1.76. The summed E-state index contributed by atoms with van der Waals surface area (Å²) in [6.07, 6.45) is 6.79. The standard InChI is InChI=1S/C27H22F2N6O2S/c28-20-8-9-21(35-38(37)14-15-4-2-1-3-5-15)23(29)22(20)25(36)24(30)19-10-17(11-32-26(19)31)18-12-33-27(34-13-18)16-6-7-16/h1-5,8-13,16,30,35H,6-7,14H2,(H2,31,32). The Morgan fingerprint density at radius 1 is 1.03 bits per heavy atom. The van der Waals surface area contributed by atoms with Crippen LogP contribution in [0.5, 0.6) is 0 Å². The first-order chi connectivity index (χ1) is 18.3. The molecule has 38 heavy (non-hydrogen) atoms. The second-order valence-electron chi connectivity index (χ2n) is 8.83. The van der Waals surface area contributed by atoms with Gasteiger partial charge in [-0.2, -0.15) is 0 Å². The minimum Gasteiger partial charge on any atom is -0.383 e. The van der Waals surface area contributed by atoms with E-state index in [9.17, 15) is 13.4 Å². The van der Waals surface area contributed by atoms with Crippen molar-refractivity contribution in [3.63, 3.8) is 0 Å². The molecular weight excluding hydrogens is 510 g/mol. The maximum atomic E-state index is 15.3. The SMILES string of the molecule is N=C(C(=O)c1c(F)ccc(NS(=O)Cc2ccccc2)c1F)c1cc(-c2cnc(C3CC3)nc2)cnc1N. The maximum Gasteiger partial charge on any atom is 0.217 e. The van der Waals surface area contributed by atoms with Gasteiger partial charge in [0.05, 0.1) is 17.0 Å². The monoisotopic (exact) mass is 532 g/mol. The molecule has 1 saturated carbocycles. The molecule has 1 unspecified atom stereocenters. The Kier molecular flexibility index (Phi) is 7.01. The van der Waals surface area contributed by atoms with E-state index in [1.54, 1.807) is 36.7 Å². The van der Waals surface area contributed by atoms with Gasteiger partial charge in [0.25, 0.3) is 0 Å². The minimum absolute atomic E-state index is 0.0666. The first-order valence-corrected chi connectivity index (χ1v) is 13.0. The third-order valence-corrected chi connectivity index (χ3v) is 7.09. The van der Waals surface area contributed by atoms with Crippen LogP contribution in [-0.4, -0.2) is 30.7 Å². The topological polar surface area (TPSA) is 135 Å². The summed E-state index contributed by atoms with van der Waals surface area (Å²) >= 11 is 0. The van der Waals surface area contributed by atoms with Crippen LogP contribution < -0.4 is 10.5 Å². The molecule has 11 heteroatoms. The summed E-state index contributed by atoms with van der Waals surface area (Å²) in [7, 11) is -1.76. The number of carbonyl (C=O) groups excluding carboxylic acids is 1. The van der Waals surface area contributed by atoms with Crippen LogP contribution in [-0.2, 0) is 16.7 Å². The normalized spacial score (nSPS) is 13.6. The highest BCUT2D eigenvalue weighted by molar-refractivity contribution is 7.85. The Morgan fingerprint density at radius 3 is 2.39 bits per heavy atom. The fourth-order valence-electron chi connectivity index (χ4n) is 3.84. The van der Waals surface area contributed by atoms with Gasteiger partial charge in [0, 0.05) is 41.2 Å². The van der Waals surface area contributed by atoms with Crippen molar-refractivity contribution in [2.24, 2.45) is 0 Å². The summed E-state index contributed by atoms with van der Waals surface area (Å²) in [5, 5.41) is 8.41. The fraction of sp³-hybridized carbons (Fsp3) is 0.148. The molecule has 0 spiro atoms. The fourth-order valence-corrected chi connectivity index (χ4v) is 4.81. The van der Waals surface area contributed by atoms with Gasteiger partial charge in [-0.05, 0) is 36.6 Å². The summed E-state index contributed by atoms with van der Waals surface area (Å²) in [5.41, 5.74) is 5.62. The average Bonchev–Trinajstić information content (AvgIpc) is 3.77. The lowest BCUT2D eigenvalue weighted by molar-refractivity contribution is 0.105. The predicted molar refractivity (Wildman–Crippen MR) is 141 cm³/mol. The second-order valence-corrected chi connectivity index (χ2v) is 10.0. The predicted octanol–water partition coefficient (Wildman–Crippen LogP) is 4.80. The second kappa shape index (κ2) is 10.5. The molecule has 8 nitrogen and oxygen atoms in total. The van der Waals surface area contributed by atoms with Gasteiger partial charge in [-0.1, -0.05) is 30.3 Å². The lowest BCUT2D eigenvalue weighted by atomic mass is 9.98. The number of nitrogens with zero attached hydrogens (tertiary/aromatic N) is 3. The first kappa shape index (κ1) is 25.3. The molecule has 0 amide bonds. The van der Waals surface area contributed by atoms with Crippen molar-refractivity contribution in [1.29, 1.82) is 5.41 Å². The van der Waals surface area contributed by atoms with Crippen LogP contribution in [0.4, 0.5) is 20.3 Å². The summed E-state index contributed by atoms with van der Waals surface area (Å²) in [4.78, 5) is 25.9. The number of rotatable bonds is 9. The smallest absolute Gasteiger partial charge is 0.217 e. The molecule has 2 heterocycles. The van der Waals surface area contributed by atoms with Gasteiger partial charge in [0.15, 0.2) is 5.82 Å². The van der Waals surface area contributed by atoms with E-state index in [0.29, 0.717) is 17.0 Å². The average molecular weight is 533 g/mol. The van der Waals surface area contributed by atoms with E-state index in [1.807, 2.05) is 6.07 Å². The molecule has 2 aromatic heterocycles. The Labute approximate surface area is 219 Å². The Morgan fingerprint density at radius 2 is 1.71 bits per heavy atom. The molecular formula is C27H22F2N6O2S. The molecule has 0 saturated heterocycles. The maximum absolute atomic E-state index is 15.3. The molecule has 1 atom stereocenters. The number of carbonyl (C=O) groups is 1. The molecule has 4 aromatic rings. The highest BCUT2D eigenvalue weighted by Gasteiger charge is 2.28. The molecule has 0 aliphatic heterocycles. The first-order valence-electron chi connectivity index (χ1n) is 11.7. The lowest BCUT2D eigenvalue weighted by Gasteiger charge is -2.13. The molecule has 2 aromatic carbocycles. The number of pyridine rings is 1. The third-order valence-electron chi connectivity index (χ3n) is 6.05. The molecule has 192 valence electrons. The molecule has 0 radical (unpaired) electrons. The van der Waals surface area contributed by atoms with Crippen molar-refractivity contribution in [1.82, 2.24) is 15.0 Å². The zero-order valence-electron chi connectivity index (χ0n) is 19.9. The largest absolute Gasteiger partial charge is 0.383 e. The van der Waals surface area contributed by atoms with E-state index in [-0.39, 0.29) is 22.8 Å². The Hall–Kier alpha value is -4.38. The van der Waals surface area contributed by atoms with Crippen LogP contribution >= 0.6 is 0 Å². The molecule has 1 aliphatic rings. The zero-order chi connectivity index (χ0) is 26.8. The third kappa shape index (κ3) is 5.32. The zero-order valence-corrected chi connectivity index (χ0v) is 20.8. The van der Waals surface area contributed by atoms with Gasteiger partial charge in [-0.3, -0.25) is 10.2 Å². The highest BCUT2D eigenvalue weighted by atomic mass is 32.2. The summed E-state index contributed by atoms with van der Waals surface area (Å²) in [6.45, 7) is 0. The summed E-state index contributed by atoms with van der Waals surface area (Å²) in [5.74, 6) is -2.61. The van der Waals surface area contributed by atoms with Crippen LogP contribution in [0, 0.1) is 17.0 Å². The number of nitrogen functional groups attached to an aromatic ring is 1. The number of ketones is 1. The Balaban J connectivity index is 1.39. The molecule has 0 bridgehead atoms. The number of hydrogen-bond donors (Lipinski definition) is 3. The van der Waals surface area contributed by atoms with Crippen LogP contribution in [0.15, 0.2) is 67.1 Å². The number of aromatic nitrogens is 3. The van der Waals surface area contributed by atoms with E-state index in [2.05, 4.69) is 19.7 Å². The van der Waals surface area contributed by atoms with Crippen molar-refractivity contribution < 1.29 is 17.8 Å². The van der Waals surface area contributed by atoms with Crippen LogP contribution in [0.2, 0.25) is 0 Å². The molecule has 1 aliphatic carbocycles. The van der Waals surface area contributed by atoms with Crippen molar-refractivity contribution in [2.75, 3.05) is 10.5 Å². The van der Waals surface area contributed by atoms with Crippen molar-refractivity contribution in [2.45, 2.75) is 24.5 Å². The van der Waals surface area contributed by atoms with Gasteiger partial charge < -0.3 is 10.5 Å². The quantitative estimate of drug-likeness (QED) is 0.209. The van der Waals surface area contributed by atoms with Crippen LogP contribution in [0.25, 0.3) is 11.1 Å². The molecule has 1 fully saturated rings. The van der Waals surface area contributed by atoms with Gasteiger partial charge in [0.1, 0.15) is 34.2 Å². The van der Waals surface area contributed by atoms with E-state index in [1.165, 1.54) is 12.3 Å². The van der Waals surface area contributed by atoms with Crippen LogP contribution in [0.3, 0.4) is 0 Å². The number of benzene rings is 2. The summed E-state index contributed by atoms with van der Waals surface area (Å²) < 4.78 is 45.0. The number of halogens is 2. The van der Waals surface area contributed by atoms with Gasteiger partial charge >= 0.3 is 0 Å². The van der Waals surface area contributed by atoms with Crippen LogP contribution in [0.1, 0.15) is 46.1 Å². The number of hydrogen-bond acceptors (Lipinski definition) is 7. The van der Waals surface area contributed by atoms with Crippen molar-refractivity contribution in [3.8, 4) is 11.1 Å². The summed E-state index contributed by atoms with van der Waals surface area (Å²) in [6, 6.07) is 12.2. The van der Waals surface area contributed by atoms with E-state index in [0.717, 1.165) is 36.4 Å². The number of nitrogens with two attached hydrogens (primary N) is 1. The number of nitrogens with one attached hydrogen (secondary N) is 2. The molecule has 4 N–H and O–H groups in total. The van der Waals surface area contributed by atoms with Crippen molar-refractivity contribution in [3.05, 3.63) is 101 Å². The van der Waals surface area contributed by atoms with E-state index < -0.39 is 39.7 Å². The van der Waals surface area contributed by atoms with E-state index in [4.69, 9.17) is 11.1 Å². The Bertz CT molecular complexity index is 1560.